The number of para-hydroxylation sites is 1. The zero-order chi connectivity index (χ0) is 15.1. The van der Waals surface area contributed by atoms with E-state index < -0.39 is 0 Å². The highest BCUT2D eigenvalue weighted by molar-refractivity contribution is 7.14. The van der Waals surface area contributed by atoms with Crippen molar-refractivity contribution >= 4 is 28.5 Å². The fourth-order valence-corrected chi connectivity index (χ4v) is 2.20. The van der Waals surface area contributed by atoms with E-state index in [0.29, 0.717) is 29.1 Å². The van der Waals surface area contributed by atoms with Gasteiger partial charge in [0.1, 0.15) is 5.82 Å². The molecule has 1 heterocycles. The molecule has 6 nitrogen and oxygen atoms in total. The zero-order valence-electron chi connectivity index (χ0n) is 12.0. The zero-order valence-corrected chi connectivity index (χ0v) is 12.8. The molecule has 0 radical (unpaired) electrons. The minimum absolute atomic E-state index is 0.478. The second-order valence-electron chi connectivity index (χ2n) is 4.17. The molecule has 0 aliphatic rings. The molecule has 0 spiro atoms. The number of benzene rings is 1. The highest BCUT2D eigenvalue weighted by atomic mass is 32.1. The van der Waals surface area contributed by atoms with Crippen LogP contribution in [-0.2, 0) is 0 Å². The number of aromatic nitrogens is 1. The molecule has 0 aliphatic carbocycles. The number of rotatable bonds is 7. The molecule has 0 saturated carbocycles. The highest BCUT2D eigenvalue weighted by Crippen LogP contribution is 2.30. The maximum Gasteiger partial charge on any atom is 0.205 e. The molecule has 0 aliphatic heterocycles. The van der Waals surface area contributed by atoms with Crippen molar-refractivity contribution in [2.24, 2.45) is 5.10 Å². The topological polar surface area (TPSA) is 81.8 Å². The molecule has 21 heavy (non-hydrogen) atoms. The predicted molar refractivity (Wildman–Crippen MR) is 86.5 cm³/mol. The lowest BCUT2D eigenvalue weighted by Crippen LogP contribution is -2.01. The SMILES string of the molecule is CCCOc1c(C=NNc2nc(N)cs2)cccc1OC. The van der Waals surface area contributed by atoms with Crippen molar-refractivity contribution in [1.29, 1.82) is 0 Å². The van der Waals surface area contributed by atoms with Gasteiger partial charge >= 0.3 is 0 Å². The maximum atomic E-state index is 5.74. The van der Waals surface area contributed by atoms with Crippen molar-refractivity contribution in [3.63, 3.8) is 0 Å². The fourth-order valence-electron chi connectivity index (χ4n) is 1.65. The Morgan fingerprint density at radius 3 is 3.00 bits per heavy atom. The van der Waals surface area contributed by atoms with Crippen LogP contribution in [-0.4, -0.2) is 24.9 Å². The van der Waals surface area contributed by atoms with Gasteiger partial charge in [-0.25, -0.2) is 4.98 Å². The van der Waals surface area contributed by atoms with Gasteiger partial charge in [-0.1, -0.05) is 13.0 Å². The predicted octanol–water partition coefficient (Wildman–Crippen LogP) is 2.97. The van der Waals surface area contributed by atoms with Crippen LogP contribution in [0.4, 0.5) is 10.9 Å². The number of thiazole rings is 1. The average Bonchev–Trinajstić information content (AvgIpc) is 2.91. The summed E-state index contributed by atoms with van der Waals surface area (Å²) in [5.74, 6) is 1.85. The number of ether oxygens (including phenoxy) is 2. The molecule has 0 bridgehead atoms. The standard InChI is InChI=1S/C14H18N4O2S/c1-3-7-20-13-10(5-4-6-11(13)19-2)8-16-18-14-17-12(15)9-21-14/h4-6,8-9H,3,7,15H2,1-2H3,(H,17,18). The first-order valence-corrected chi connectivity index (χ1v) is 7.42. The molecule has 3 N–H and O–H groups in total. The Bertz CT molecular complexity index is 613. The molecule has 1 aromatic heterocycles. The summed E-state index contributed by atoms with van der Waals surface area (Å²) < 4.78 is 11.1. The largest absolute Gasteiger partial charge is 0.493 e. The number of nitrogen functional groups attached to an aromatic ring is 1. The molecular weight excluding hydrogens is 288 g/mol. The summed E-state index contributed by atoms with van der Waals surface area (Å²) in [5, 5.41) is 6.54. The molecule has 0 fully saturated rings. The second-order valence-corrected chi connectivity index (χ2v) is 5.03. The van der Waals surface area contributed by atoms with Gasteiger partial charge in [-0.05, 0) is 18.6 Å². The van der Waals surface area contributed by atoms with Gasteiger partial charge in [0.25, 0.3) is 0 Å². The summed E-state index contributed by atoms with van der Waals surface area (Å²) in [4.78, 5) is 4.06. The number of methoxy groups -OCH3 is 1. The number of nitrogens with one attached hydrogen (secondary N) is 1. The van der Waals surface area contributed by atoms with Gasteiger partial charge in [-0.2, -0.15) is 5.10 Å². The van der Waals surface area contributed by atoms with Crippen LogP contribution in [0.25, 0.3) is 0 Å². The van der Waals surface area contributed by atoms with Gasteiger partial charge in [0.15, 0.2) is 11.5 Å². The summed E-state index contributed by atoms with van der Waals surface area (Å²) in [6, 6.07) is 5.66. The first kappa shape index (κ1) is 15.1. The molecule has 1 aromatic carbocycles. The summed E-state index contributed by atoms with van der Waals surface area (Å²) >= 11 is 1.39. The Balaban J connectivity index is 2.14. The Hall–Kier alpha value is -2.28. The van der Waals surface area contributed by atoms with Crippen molar-refractivity contribution < 1.29 is 9.47 Å². The maximum absolute atomic E-state index is 5.74. The van der Waals surface area contributed by atoms with Crippen LogP contribution in [0.2, 0.25) is 0 Å². The smallest absolute Gasteiger partial charge is 0.205 e. The van der Waals surface area contributed by atoms with E-state index in [1.807, 2.05) is 18.2 Å². The van der Waals surface area contributed by atoms with Gasteiger partial charge < -0.3 is 15.2 Å². The molecule has 0 saturated heterocycles. The van der Waals surface area contributed by atoms with Crippen LogP contribution in [0.5, 0.6) is 11.5 Å². The van der Waals surface area contributed by atoms with E-state index in [-0.39, 0.29) is 0 Å². The molecular formula is C14H18N4O2S. The molecule has 0 unspecified atom stereocenters. The quantitative estimate of drug-likeness (QED) is 0.607. The third-order valence-corrected chi connectivity index (χ3v) is 3.33. The number of hydrogen-bond donors (Lipinski definition) is 2. The van der Waals surface area contributed by atoms with Crippen molar-refractivity contribution in [3.05, 3.63) is 29.1 Å². The van der Waals surface area contributed by atoms with Crippen LogP contribution in [0, 0.1) is 0 Å². The Kier molecular flexibility index (Phi) is 5.39. The fraction of sp³-hybridized carbons (Fsp3) is 0.286. The number of hydrogen-bond acceptors (Lipinski definition) is 7. The summed E-state index contributed by atoms with van der Waals surface area (Å²) in [7, 11) is 1.62. The minimum atomic E-state index is 0.478. The van der Waals surface area contributed by atoms with Crippen LogP contribution >= 0.6 is 11.3 Å². The van der Waals surface area contributed by atoms with E-state index in [9.17, 15) is 0 Å². The Morgan fingerprint density at radius 2 is 2.33 bits per heavy atom. The van der Waals surface area contributed by atoms with Gasteiger partial charge in [0, 0.05) is 10.9 Å². The van der Waals surface area contributed by atoms with E-state index in [1.54, 1.807) is 18.7 Å². The van der Waals surface area contributed by atoms with E-state index in [4.69, 9.17) is 15.2 Å². The summed E-state index contributed by atoms with van der Waals surface area (Å²) in [6.07, 6.45) is 2.59. The van der Waals surface area contributed by atoms with Crippen LogP contribution in [0.15, 0.2) is 28.7 Å². The Labute approximate surface area is 127 Å². The number of anilines is 2. The van der Waals surface area contributed by atoms with Gasteiger partial charge in [-0.15, -0.1) is 11.3 Å². The molecule has 0 amide bonds. The molecule has 7 heteroatoms. The lowest BCUT2D eigenvalue weighted by molar-refractivity contribution is 0.294. The summed E-state index contributed by atoms with van der Waals surface area (Å²) in [5.41, 5.74) is 9.22. The van der Waals surface area contributed by atoms with Gasteiger partial charge in [-0.3, -0.25) is 5.43 Å². The van der Waals surface area contributed by atoms with E-state index in [1.165, 1.54) is 11.3 Å². The van der Waals surface area contributed by atoms with E-state index >= 15 is 0 Å². The Morgan fingerprint density at radius 1 is 1.48 bits per heavy atom. The lowest BCUT2D eigenvalue weighted by Gasteiger charge is -2.12. The molecule has 0 atom stereocenters. The van der Waals surface area contributed by atoms with Crippen molar-refractivity contribution in [2.75, 3.05) is 24.9 Å². The van der Waals surface area contributed by atoms with Crippen molar-refractivity contribution in [3.8, 4) is 11.5 Å². The third-order valence-electron chi connectivity index (χ3n) is 2.57. The number of nitrogens with zero attached hydrogens (tertiary/aromatic N) is 2. The number of nitrogens with two attached hydrogens (primary N) is 1. The van der Waals surface area contributed by atoms with Crippen LogP contribution < -0.4 is 20.6 Å². The highest BCUT2D eigenvalue weighted by Gasteiger charge is 2.08. The van der Waals surface area contributed by atoms with Crippen molar-refractivity contribution in [2.45, 2.75) is 13.3 Å². The van der Waals surface area contributed by atoms with Crippen molar-refractivity contribution in [1.82, 2.24) is 4.98 Å². The van der Waals surface area contributed by atoms with Gasteiger partial charge in [0.2, 0.25) is 5.13 Å². The first-order valence-electron chi connectivity index (χ1n) is 6.54. The normalized spacial score (nSPS) is 10.8. The average molecular weight is 306 g/mol. The number of hydrazone groups is 1. The van der Waals surface area contributed by atoms with Crippen LogP contribution in [0.1, 0.15) is 18.9 Å². The molecule has 2 aromatic rings. The van der Waals surface area contributed by atoms with E-state index in [2.05, 4.69) is 22.4 Å². The van der Waals surface area contributed by atoms with E-state index in [0.717, 1.165) is 12.0 Å². The monoisotopic (exact) mass is 306 g/mol. The minimum Gasteiger partial charge on any atom is -0.493 e. The summed E-state index contributed by atoms with van der Waals surface area (Å²) in [6.45, 7) is 2.68. The lowest BCUT2D eigenvalue weighted by atomic mass is 10.2. The van der Waals surface area contributed by atoms with Gasteiger partial charge in [0.05, 0.1) is 19.9 Å². The third kappa shape index (κ3) is 4.09. The van der Waals surface area contributed by atoms with Crippen LogP contribution in [0.3, 0.4) is 0 Å². The first-order chi connectivity index (χ1) is 10.2. The second kappa shape index (κ2) is 7.49. The molecule has 112 valence electrons. The molecule has 2 rings (SSSR count).